The van der Waals surface area contributed by atoms with Crippen molar-refractivity contribution in [2.24, 2.45) is 0 Å². The minimum atomic E-state index is -0.155. The monoisotopic (exact) mass is 315 g/mol. The van der Waals surface area contributed by atoms with Crippen molar-refractivity contribution in [1.82, 2.24) is 4.90 Å². The highest BCUT2D eigenvalue weighted by atomic mass is 16.5. The van der Waals surface area contributed by atoms with E-state index in [-0.39, 0.29) is 5.97 Å². The molecule has 2 aromatic rings. The number of hydrogen-bond acceptors (Lipinski definition) is 4. The van der Waals surface area contributed by atoms with Crippen molar-refractivity contribution in [2.75, 3.05) is 13.2 Å². The molecule has 1 aromatic heterocycles. The molecule has 0 atom stereocenters. The largest absolute Gasteiger partial charge is 0.466 e. The Labute approximate surface area is 138 Å². The van der Waals surface area contributed by atoms with Crippen LogP contribution in [0.4, 0.5) is 0 Å². The molecule has 2 rings (SSSR count). The molecule has 4 nitrogen and oxygen atoms in total. The van der Waals surface area contributed by atoms with Crippen molar-refractivity contribution in [3.8, 4) is 0 Å². The Hall–Kier alpha value is -2.07. The Bertz CT molecular complexity index is 599. The smallest absolute Gasteiger partial charge is 0.307 e. The van der Waals surface area contributed by atoms with E-state index >= 15 is 0 Å². The molecule has 0 fully saturated rings. The maximum Gasteiger partial charge on any atom is 0.307 e. The molecule has 0 aliphatic rings. The van der Waals surface area contributed by atoms with E-state index in [1.165, 1.54) is 5.56 Å². The molecule has 23 heavy (non-hydrogen) atoms. The summed E-state index contributed by atoms with van der Waals surface area (Å²) in [5, 5.41) is 0. The average molecular weight is 315 g/mol. The fourth-order valence-electron chi connectivity index (χ4n) is 2.49. The zero-order valence-electron chi connectivity index (χ0n) is 14.2. The van der Waals surface area contributed by atoms with Crippen LogP contribution < -0.4 is 0 Å². The van der Waals surface area contributed by atoms with Gasteiger partial charge in [0.1, 0.15) is 11.5 Å². The van der Waals surface area contributed by atoms with E-state index < -0.39 is 0 Å². The van der Waals surface area contributed by atoms with Crippen molar-refractivity contribution < 1.29 is 13.9 Å². The lowest BCUT2D eigenvalue weighted by Crippen LogP contribution is -2.26. The molecule has 124 valence electrons. The van der Waals surface area contributed by atoms with E-state index in [9.17, 15) is 4.79 Å². The Morgan fingerprint density at radius 3 is 2.52 bits per heavy atom. The summed E-state index contributed by atoms with van der Waals surface area (Å²) in [6, 6.07) is 12.3. The summed E-state index contributed by atoms with van der Waals surface area (Å²) in [6.07, 6.45) is 0.388. The lowest BCUT2D eigenvalue weighted by Gasteiger charge is -2.21. The highest BCUT2D eigenvalue weighted by Gasteiger charge is 2.13. The van der Waals surface area contributed by atoms with Gasteiger partial charge >= 0.3 is 5.97 Å². The first-order chi connectivity index (χ1) is 11.1. The number of esters is 1. The summed E-state index contributed by atoms with van der Waals surface area (Å²) in [7, 11) is 0. The number of hydrogen-bond donors (Lipinski definition) is 0. The molecule has 4 heteroatoms. The van der Waals surface area contributed by atoms with E-state index in [1.54, 1.807) is 0 Å². The van der Waals surface area contributed by atoms with Gasteiger partial charge in [-0.2, -0.15) is 0 Å². The van der Waals surface area contributed by atoms with Crippen LogP contribution in [0.2, 0.25) is 0 Å². The van der Waals surface area contributed by atoms with Crippen LogP contribution in [0.25, 0.3) is 0 Å². The highest BCUT2D eigenvalue weighted by Crippen LogP contribution is 2.17. The summed E-state index contributed by atoms with van der Waals surface area (Å²) in [6.45, 7) is 8.37. The van der Waals surface area contributed by atoms with Crippen molar-refractivity contribution >= 4 is 5.97 Å². The standard InChI is InChI=1S/C19H25NO3/c1-4-22-19(21)10-11-20(13-17-8-6-5-7-9-17)14-18-12-15(2)16(3)23-18/h5-9,12H,4,10-11,13-14H2,1-3H3. The molecule has 0 N–H and O–H groups in total. The molecule has 0 bridgehead atoms. The van der Waals surface area contributed by atoms with Crippen LogP contribution in [-0.4, -0.2) is 24.0 Å². The van der Waals surface area contributed by atoms with Crippen LogP contribution in [0, 0.1) is 13.8 Å². The lowest BCUT2D eigenvalue weighted by atomic mass is 10.2. The van der Waals surface area contributed by atoms with Gasteiger partial charge in [0.2, 0.25) is 0 Å². The van der Waals surface area contributed by atoms with E-state index in [0.29, 0.717) is 26.1 Å². The Kier molecular flexibility index (Phi) is 6.41. The molecule has 0 saturated carbocycles. The molecule has 0 saturated heterocycles. The number of carbonyl (C=O) groups is 1. The summed E-state index contributed by atoms with van der Waals surface area (Å²) in [5.74, 6) is 1.72. The Morgan fingerprint density at radius 2 is 1.91 bits per heavy atom. The third-order valence-electron chi connectivity index (χ3n) is 3.78. The van der Waals surface area contributed by atoms with Crippen LogP contribution in [0.3, 0.4) is 0 Å². The molecule has 1 heterocycles. The van der Waals surface area contributed by atoms with Gasteiger partial charge in [-0.05, 0) is 38.0 Å². The molecule has 1 aromatic carbocycles. The first kappa shape index (κ1) is 17.3. The zero-order valence-corrected chi connectivity index (χ0v) is 14.2. The molecule has 0 aliphatic heterocycles. The fourth-order valence-corrected chi connectivity index (χ4v) is 2.49. The van der Waals surface area contributed by atoms with Gasteiger partial charge in [0.15, 0.2) is 0 Å². The second-order valence-corrected chi connectivity index (χ2v) is 5.70. The topological polar surface area (TPSA) is 42.7 Å². The van der Waals surface area contributed by atoms with Crippen LogP contribution in [0.15, 0.2) is 40.8 Å². The molecular weight excluding hydrogens is 290 g/mol. The summed E-state index contributed by atoms with van der Waals surface area (Å²) < 4.78 is 10.8. The van der Waals surface area contributed by atoms with E-state index in [0.717, 1.165) is 23.6 Å². The fraction of sp³-hybridized carbons (Fsp3) is 0.421. The lowest BCUT2D eigenvalue weighted by molar-refractivity contribution is -0.143. The van der Waals surface area contributed by atoms with Gasteiger partial charge in [-0.25, -0.2) is 0 Å². The Balaban J connectivity index is 2.02. The second-order valence-electron chi connectivity index (χ2n) is 5.70. The summed E-state index contributed by atoms with van der Waals surface area (Å²) in [4.78, 5) is 13.9. The number of nitrogens with zero attached hydrogens (tertiary/aromatic N) is 1. The van der Waals surface area contributed by atoms with Crippen molar-refractivity contribution in [1.29, 1.82) is 0 Å². The van der Waals surface area contributed by atoms with Gasteiger partial charge in [-0.3, -0.25) is 9.69 Å². The van der Waals surface area contributed by atoms with Crippen LogP contribution >= 0.6 is 0 Å². The predicted molar refractivity (Wildman–Crippen MR) is 90.0 cm³/mol. The number of rotatable bonds is 8. The first-order valence-electron chi connectivity index (χ1n) is 8.06. The van der Waals surface area contributed by atoms with Crippen molar-refractivity contribution in [2.45, 2.75) is 40.3 Å². The Morgan fingerprint density at radius 1 is 1.17 bits per heavy atom. The van der Waals surface area contributed by atoms with E-state index in [4.69, 9.17) is 9.15 Å². The van der Waals surface area contributed by atoms with E-state index in [2.05, 4.69) is 23.1 Å². The average Bonchev–Trinajstić information content (AvgIpc) is 2.84. The quantitative estimate of drug-likeness (QED) is 0.694. The van der Waals surface area contributed by atoms with E-state index in [1.807, 2.05) is 39.0 Å². The van der Waals surface area contributed by atoms with Gasteiger partial charge in [0.25, 0.3) is 0 Å². The summed E-state index contributed by atoms with van der Waals surface area (Å²) >= 11 is 0. The molecule has 0 unspecified atom stereocenters. The molecule has 0 spiro atoms. The number of carbonyl (C=O) groups excluding carboxylic acids is 1. The highest BCUT2D eigenvalue weighted by molar-refractivity contribution is 5.69. The van der Waals surface area contributed by atoms with Crippen LogP contribution in [0.1, 0.15) is 36.0 Å². The van der Waals surface area contributed by atoms with Gasteiger partial charge in [-0.15, -0.1) is 0 Å². The second kappa shape index (κ2) is 8.53. The number of furan rings is 1. The van der Waals surface area contributed by atoms with Crippen LogP contribution in [0.5, 0.6) is 0 Å². The maximum atomic E-state index is 11.6. The normalized spacial score (nSPS) is 11.0. The maximum absolute atomic E-state index is 11.6. The molecule has 0 aliphatic carbocycles. The van der Waals surface area contributed by atoms with Gasteiger partial charge < -0.3 is 9.15 Å². The number of ether oxygens (including phenoxy) is 1. The first-order valence-corrected chi connectivity index (χ1v) is 8.06. The van der Waals surface area contributed by atoms with Gasteiger partial charge in [0.05, 0.1) is 19.6 Å². The zero-order chi connectivity index (χ0) is 16.7. The number of benzene rings is 1. The predicted octanol–water partition coefficient (Wildman–Crippen LogP) is 3.85. The van der Waals surface area contributed by atoms with Crippen molar-refractivity contribution in [3.05, 3.63) is 59.0 Å². The minimum Gasteiger partial charge on any atom is -0.466 e. The van der Waals surface area contributed by atoms with Gasteiger partial charge in [0, 0.05) is 13.1 Å². The number of aryl methyl sites for hydroxylation is 2. The third-order valence-corrected chi connectivity index (χ3v) is 3.78. The SMILES string of the molecule is CCOC(=O)CCN(Cc1ccccc1)Cc1cc(C)c(C)o1. The summed E-state index contributed by atoms with van der Waals surface area (Å²) in [5.41, 5.74) is 2.38. The molecular formula is C19H25NO3. The third kappa shape index (κ3) is 5.57. The molecule has 0 amide bonds. The van der Waals surface area contributed by atoms with Gasteiger partial charge in [-0.1, -0.05) is 30.3 Å². The minimum absolute atomic E-state index is 0.155. The van der Waals surface area contributed by atoms with Crippen molar-refractivity contribution in [3.63, 3.8) is 0 Å². The van der Waals surface area contributed by atoms with Crippen LogP contribution in [-0.2, 0) is 22.6 Å². The molecule has 0 radical (unpaired) electrons.